The number of carboxylic acid groups (broad SMARTS) is 1. The van der Waals surface area contributed by atoms with E-state index in [-0.39, 0.29) is 0 Å². The molecule has 1 saturated heterocycles. The maximum Gasteiger partial charge on any atom is 0.326 e. The highest BCUT2D eigenvalue weighted by molar-refractivity contribution is 7.10. The molecular formula is C16H26N2O2S. The van der Waals surface area contributed by atoms with Gasteiger partial charge in [-0.1, -0.05) is 13.8 Å². The van der Waals surface area contributed by atoms with E-state index < -0.39 is 12.0 Å². The van der Waals surface area contributed by atoms with Gasteiger partial charge in [-0.25, -0.2) is 0 Å². The summed E-state index contributed by atoms with van der Waals surface area (Å²) in [5.41, 5.74) is 1.09. The van der Waals surface area contributed by atoms with Crippen LogP contribution in [0.3, 0.4) is 0 Å². The Bertz CT molecular complexity index is 486. The maximum absolute atomic E-state index is 11.8. The van der Waals surface area contributed by atoms with Gasteiger partial charge in [-0.2, -0.15) is 0 Å². The summed E-state index contributed by atoms with van der Waals surface area (Å²) < 4.78 is 0. The quantitative estimate of drug-likeness (QED) is 0.908. The fourth-order valence-electron chi connectivity index (χ4n) is 3.10. The lowest BCUT2D eigenvalue weighted by molar-refractivity contribution is -0.144. The summed E-state index contributed by atoms with van der Waals surface area (Å²) in [6.07, 6.45) is 0. The lowest BCUT2D eigenvalue weighted by Gasteiger charge is -2.42. The van der Waals surface area contributed by atoms with E-state index in [0.717, 1.165) is 36.6 Å². The van der Waals surface area contributed by atoms with Gasteiger partial charge in [-0.3, -0.25) is 14.6 Å². The fourth-order valence-corrected chi connectivity index (χ4v) is 4.15. The zero-order chi connectivity index (χ0) is 15.6. The molecule has 4 nitrogen and oxygen atoms in total. The van der Waals surface area contributed by atoms with Gasteiger partial charge in [0.1, 0.15) is 6.04 Å². The van der Waals surface area contributed by atoms with E-state index in [1.807, 2.05) is 18.4 Å². The average Bonchev–Trinajstić information content (AvgIpc) is 2.78. The molecule has 1 aromatic rings. The second-order valence-electron chi connectivity index (χ2n) is 6.44. The van der Waals surface area contributed by atoms with Crippen LogP contribution in [0.15, 0.2) is 11.4 Å². The van der Waals surface area contributed by atoms with Crippen molar-refractivity contribution >= 4 is 17.3 Å². The zero-order valence-corrected chi connectivity index (χ0v) is 14.2. The Morgan fingerprint density at radius 1 is 1.48 bits per heavy atom. The molecule has 0 spiro atoms. The normalized spacial score (nSPS) is 22.6. The molecule has 0 amide bonds. The molecule has 1 aromatic heterocycles. The summed E-state index contributed by atoms with van der Waals surface area (Å²) in [6, 6.07) is 1.92. The Hall–Kier alpha value is -0.910. The SMILES string of the molecule is Cc1ccsc1C(C(=O)O)N1CCN(CC(C)C)C(C)C1. The van der Waals surface area contributed by atoms with Crippen LogP contribution in [-0.2, 0) is 4.79 Å². The summed E-state index contributed by atoms with van der Waals surface area (Å²) in [7, 11) is 0. The highest BCUT2D eigenvalue weighted by Gasteiger charge is 2.34. The van der Waals surface area contributed by atoms with Gasteiger partial charge in [0.2, 0.25) is 0 Å². The van der Waals surface area contributed by atoms with Crippen molar-refractivity contribution in [3.8, 4) is 0 Å². The Kier molecular flexibility index (Phi) is 5.41. The topological polar surface area (TPSA) is 43.8 Å². The molecule has 21 heavy (non-hydrogen) atoms. The lowest BCUT2D eigenvalue weighted by atomic mass is 10.1. The molecule has 2 unspecified atom stereocenters. The molecule has 1 aliphatic rings. The molecule has 0 aromatic carbocycles. The minimum Gasteiger partial charge on any atom is -0.480 e. The maximum atomic E-state index is 11.8. The molecule has 2 atom stereocenters. The summed E-state index contributed by atoms with van der Waals surface area (Å²) in [6.45, 7) is 12.3. The first-order valence-electron chi connectivity index (χ1n) is 7.65. The van der Waals surface area contributed by atoms with Crippen LogP contribution < -0.4 is 0 Å². The van der Waals surface area contributed by atoms with Crippen molar-refractivity contribution in [2.75, 3.05) is 26.2 Å². The van der Waals surface area contributed by atoms with Gasteiger partial charge in [-0.05, 0) is 36.8 Å². The van der Waals surface area contributed by atoms with Gasteiger partial charge in [-0.15, -0.1) is 11.3 Å². The monoisotopic (exact) mass is 310 g/mol. The first kappa shape index (κ1) is 16.5. The number of hydrogen-bond acceptors (Lipinski definition) is 4. The molecule has 2 rings (SSSR count). The molecule has 1 fully saturated rings. The highest BCUT2D eigenvalue weighted by Crippen LogP contribution is 2.30. The van der Waals surface area contributed by atoms with E-state index in [4.69, 9.17) is 0 Å². The summed E-state index contributed by atoms with van der Waals surface area (Å²) in [4.78, 5) is 17.3. The van der Waals surface area contributed by atoms with Crippen LogP contribution in [0.2, 0.25) is 0 Å². The standard InChI is InChI=1S/C16H26N2O2S/c1-11(2)9-17-6-7-18(10-13(17)4)14(16(19)20)15-12(3)5-8-21-15/h5,8,11,13-14H,6-7,9-10H2,1-4H3,(H,19,20). The molecule has 0 bridgehead atoms. The van der Waals surface area contributed by atoms with Crippen LogP contribution in [-0.4, -0.2) is 53.1 Å². The lowest BCUT2D eigenvalue weighted by Crippen LogP contribution is -2.54. The van der Waals surface area contributed by atoms with E-state index in [1.165, 1.54) is 0 Å². The van der Waals surface area contributed by atoms with Crippen LogP contribution in [0, 0.1) is 12.8 Å². The molecule has 118 valence electrons. The largest absolute Gasteiger partial charge is 0.480 e. The number of thiophene rings is 1. The third kappa shape index (κ3) is 3.84. The molecule has 2 heterocycles. The van der Waals surface area contributed by atoms with E-state index in [0.29, 0.717) is 12.0 Å². The number of rotatable bonds is 5. The Balaban J connectivity index is 2.11. The number of aryl methyl sites for hydroxylation is 1. The predicted molar refractivity (Wildman–Crippen MR) is 86.9 cm³/mol. The number of hydrogen-bond donors (Lipinski definition) is 1. The minimum absolute atomic E-state index is 0.406. The number of nitrogens with zero attached hydrogens (tertiary/aromatic N) is 2. The van der Waals surface area contributed by atoms with Crippen LogP contribution in [0.4, 0.5) is 0 Å². The van der Waals surface area contributed by atoms with E-state index in [1.54, 1.807) is 11.3 Å². The Morgan fingerprint density at radius 3 is 2.67 bits per heavy atom. The van der Waals surface area contributed by atoms with Crippen LogP contribution in [0.5, 0.6) is 0 Å². The van der Waals surface area contributed by atoms with Crippen LogP contribution in [0.25, 0.3) is 0 Å². The first-order chi connectivity index (χ1) is 9.90. The molecule has 5 heteroatoms. The van der Waals surface area contributed by atoms with Gasteiger partial charge < -0.3 is 5.11 Å². The number of piperazine rings is 1. The van der Waals surface area contributed by atoms with Crippen molar-refractivity contribution in [2.24, 2.45) is 5.92 Å². The first-order valence-corrected chi connectivity index (χ1v) is 8.53. The van der Waals surface area contributed by atoms with E-state index in [2.05, 4.69) is 30.6 Å². The number of carbonyl (C=O) groups is 1. The van der Waals surface area contributed by atoms with Crippen molar-refractivity contribution in [1.82, 2.24) is 9.80 Å². The third-order valence-corrected chi connectivity index (χ3v) is 5.22. The Labute approximate surface area is 131 Å². The van der Waals surface area contributed by atoms with Gasteiger partial charge in [0.25, 0.3) is 0 Å². The average molecular weight is 310 g/mol. The van der Waals surface area contributed by atoms with Crippen LogP contribution in [0.1, 0.15) is 37.3 Å². The molecule has 0 radical (unpaired) electrons. The van der Waals surface area contributed by atoms with Gasteiger partial charge in [0.05, 0.1) is 0 Å². The summed E-state index contributed by atoms with van der Waals surface area (Å²) in [5, 5.41) is 11.7. The van der Waals surface area contributed by atoms with E-state index >= 15 is 0 Å². The highest BCUT2D eigenvalue weighted by atomic mass is 32.1. The second kappa shape index (κ2) is 6.90. The molecule has 1 N–H and O–H groups in total. The van der Waals surface area contributed by atoms with Crippen molar-refractivity contribution in [2.45, 2.75) is 39.8 Å². The van der Waals surface area contributed by atoms with Crippen molar-refractivity contribution in [3.63, 3.8) is 0 Å². The van der Waals surface area contributed by atoms with Crippen molar-refractivity contribution in [3.05, 3.63) is 21.9 Å². The number of aliphatic carboxylic acids is 1. The molecule has 0 aliphatic carbocycles. The smallest absolute Gasteiger partial charge is 0.326 e. The third-order valence-electron chi connectivity index (χ3n) is 4.15. The summed E-state index contributed by atoms with van der Waals surface area (Å²) >= 11 is 1.56. The second-order valence-corrected chi connectivity index (χ2v) is 7.39. The van der Waals surface area contributed by atoms with Crippen molar-refractivity contribution in [1.29, 1.82) is 0 Å². The minimum atomic E-state index is -0.731. The molecule has 0 saturated carbocycles. The van der Waals surface area contributed by atoms with E-state index in [9.17, 15) is 9.90 Å². The van der Waals surface area contributed by atoms with Gasteiger partial charge in [0, 0.05) is 37.1 Å². The van der Waals surface area contributed by atoms with Gasteiger partial charge >= 0.3 is 5.97 Å². The number of carboxylic acids is 1. The Morgan fingerprint density at radius 2 is 2.19 bits per heavy atom. The van der Waals surface area contributed by atoms with Crippen molar-refractivity contribution < 1.29 is 9.90 Å². The van der Waals surface area contributed by atoms with Crippen LogP contribution >= 0.6 is 11.3 Å². The molecular weight excluding hydrogens is 284 g/mol. The predicted octanol–water partition coefficient (Wildman–Crippen LogP) is 2.84. The molecule has 1 aliphatic heterocycles. The summed E-state index contributed by atoms with van der Waals surface area (Å²) in [5.74, 6) is -0.0844. The van der Waals surface area contributed by atoms with Gasteiger partial charge in [0.15, 0.2) is 0 Å². The fraction of sp³-hybridized carbons (Fsp3) is 0.688. The zero-order valence-electron chi connectivity index (χ0n) is 13.4.